The lowest BCUT2D eigenvalue weighted by atomic mass is 10.2. The largest absolute Gasteiger partial charge is 0.480 e. The number of hydrogen-bond acceptors (Lipinski definition) is 9. The van der Waals surface area contributed by atoms with E-state index in [1.54, 1.807) is 6.92 Å². The highest BCUT2D eigenvalue weighted by molar-refractivity contribution is 5.94. The molecule has 0 aliphatic carbocycles. The van der Waals surface area contributed by atoms with Crippen LogP contribution in [0, 0.1) is 0 Å². The fraction of sp³-hybridized carbons (Fsp3) is 0.611. The normalized spacial score (nSPS) is 12.8. The number of rotatable bonds is 15. The molecule has 34 heavy (non-hydrogen) atoms. The predicted octanol–water partition coefficient (Wildman–Crippen LogP) is -5.71. The SMILES string of the molecule is CCC(=O)NCC(=O)NC(C)C(=O)NCC(=O)NC(CO)C(=O)NCC(=O)NC(CO)C(=O)O. The average molecular weight is 490 g/mol. The molecule has 6 amide bonds. The molecule has 0 aromatic rings. The summed E-state index contributed by atoms with van der Waals surface area (Å²) in [5, 5.41) is 39.8. The van der Waals surface area contributed by atoms with E-state index in [1.807, 2.05) is 5.32 Å². The van der Waals surface area contributed by atoms with Gasteiger partial charge in [0.15, 0.2) is 0 Å². The third-order valence-electron chi connectivity index (χ3n) is 4.03. The molecule has 0 fully saturated rings. The minimum atomic E-state index is -1.57. The van der Waals surface area contributed by atoms with Gasteiger partial charge in [-0.2, -0.15) is 0 Å². The highest BCUT2D eigenvalue weighted by Gasteiger charge is 2.23. The molecule has 16 heteroatoms. The lowest BCUT2D eigenvalue weighted by molar-refractivity contribution is -0.142. The van der Waals surface area contributed by atoms with Crippen LogP contribution in [-0.4, -0.2) is 108 Å². The summed E-state index contributed by atoms with van der Waals surface area (Å²) in [5.74, 6) is -5.96. The summed E-state index contributed by atoms with van der Waals surface area (Å²) in [5.41, 5.74) is 0. The third kappa shape index (κ3) is 12.3. The van der Waals surface area contributed by atoms with Crippen LogP contribution in [0.2, 0.25) is 0 Å². The van der Waals surface area contributed by atoms with Crippen LogP contribution in [0.1, 0.15) is 20.3 Å². The zero-order valence-corrected chi connectivity index (χ0v) is 18.7. The fourth-order valence-electron chi connectivity index (χ4n) is 2.14. The first-order valence-electron chi connectivity index (χ1n) is 10.1. The lowest BCUT2D eigenvalue weighted by Crippen LogP contribution is -2.54. The van der Waals surface area contributed by atoms with E-state index in [2.05, 4.69) is 26.6 Å². The van der Waals surface area contributed by atoms with Gasteiger partial charge in [-0.25, -0.2) is 4.79 Å². The number of carbonyl (C=O) groups excluding carboxylic acids is 6. The zero-order valence-electron chi connectivity index (χ0n) is 18.7. The predicted molar refractivity (Wildman–Crippen MR) is 113 cm³/mol. The lowest BCUT2D eigenvalue weighted by Gasteiger charge is -2.18. The van der Waals surface area contributed by atoms with Crippen LogP contribution in [0.25, 0.3) is 0 Å². The van der Waals surface area contributed by atoms with Gasteiger partial charge in [-0.3, -0.25) is 28.8 Å². The van der Waals surface area contributed by atoms with E-state index in [1.165, 1.54) is 6.92 Å². The van der Waals surface area contributed by atoms with E-state index in [0.717, 1.165) is 0 Å². The average Bonchev–Trinajstić information content (AvgIpc) is 2.80. The number of nitrogens with one attached hydrogen (secondary N) is 6. The molecule has 0 spiro atoms. The molecular formula is C18H30N6O10. The van der Waals surface area contributed by atoms with Crippen molar-refractivity contribution < 1.29 is 48.9 Å². The molecule has 0 rings (SSSR count). The van der Waals surface area contributed by atoms with Gasteiger partial charge >= 0.3 is 5.97 Å². The van der Waals surface area contributed by atoms with E-state index in [4.69, 9.17) is 10.2 Å². The van der Waals surface area contributed by atoms with Gasteiger partial charge in [-0.1, -0.05) is 6.92 Å². The number of aliphatic hydroxyl groups excluding tert-OH is 2. The van der Waals surface area contributed by atoms with Crippen molar-refractivity contribution in [3.63, 3.8) is 0 Å². The summed E-state index contributed by atoms with van der Waals surface area (Å²) >= 11 is 0. The molecule has 0 heterocycles. The Balaban J connectivity index is 4.46. The Morgan fingerprint density at radius 1 is 0.647 bits per heavy atom. The summed E-state index contributed by atoms with van der Waals surface area (Å²) in [6, 6.07) is -4.09. The maximum absolute atomic E-state index is 12.0. The molecule has 0 aromatic carbocycles. The standard InChI is InChI=1S/C18H30N6O10/c1-3-12(27)19-4-13(28)22-9(2)16(31)20-5-14(29)23-10(7-25)17(32)21-6-15(30)24-11(8-26)18(33)34/h9-11,25-26H,3-8H2,1-2H3,(H,19,27)(H,20,31)(H,21,32)(H,22,28)(H,23,29)(H,24,30)(H,33,34). The smallest absolute Gasteiger partial charge is 0.328 e. The van der Waals surface area contributed by atoms with Crippen molar-refractivity contribution in [1.29, 1.82) is 0 Å². The number of amides is 6. The summed E-state index contributed by atoms with van der Waals surface area (Å²) in [4.78, 5) is 81.1. The molecule has 0 bridgehead atoms. The summed E-state index contributed by atoms with van der Waals surface area (Å²) in [7, 11) is 0. The maximum atomic E-state index is 12.0. The summed E-state index contributed by atoms with van der Waals surface area (Å²) < 4.78 is 0. The van der Waals surface area contributed by atoms with Crippen LogP contribution >= 0.6 is 0 Å². The molecule has 0 aliphatic heterocycles. The zero-order chi connectivity index (χ0) is 26.3. The number of aliphatic carboxylic acids is 1. The quantitative estimate of drug-likeness (QED) is 0.105. The Morgan fingerprint density at radius 2 is 1.09 bits per heavy atom. The highest BCUT2D eigenvalue weighted by atomic mass is 16.4. The van der Waals surface area contributed by atoms with Gasteiger partial charge in [-0.15, -0.1) is 0 Å². The number of carboxylic acids is 1. The Kier molecular flexibility index (Phi) is 14.1. The molecule has 0 aromatic heterocycles. The molecule has 192 valence electrons. The van der Waals surface area contributed by atoms with Gasteiger partial charge in [0.2, 0.25) is 35.4 Å². The number of aliphatic hydroxyl groups is 2. The van der Waals surface area contributed by atoms with Crippen molar-refractivity contribution in [2.24, 2.45) is 0 Å². The second-order valence-corrected chi connectivity index (χ2v) is 6.80. The van der Waals surface area contributed by atoms with Crippen LogP contribution in [-0.2, 0) is 33.6 Å². The van der Waals surface area contributed by atoms with Crippen LogP contribution in [0.5, 0.6) is 0 Å². The molecule has 0 aliphatic rings. The highest BCUT2D eigenvalue weighted by Crippen LogP contribution is 1.87. The van der Waals surface area contributed by atoms with Crippen molar-refractivity contribution in [3.8, 4) is 0 Å². The van der Waals surface area contributed by atoms with Crippen LogP contribution < -0.4 is 31.9 Å². The van der Waals surface area contributed by atoms with Gasteiger partial charge in [0, 0.05) is 6.42 Å². The van der Waals surface area contributed by atoms with Crippen molar-refractivity contribution in [1.82, 2.24) is 31.9 Å². The van der Waals surface area contributed by atoms with Crippen LogP contribution in [0.4, 0.5) is 0 Å². The van der Waals surface area contributed by atoms with Crippen LogP contribution in [0.3, 0.4) is 0 Å². The molecule has 3 atom stereocenters. The van der Waals surface area contributed by atoms with E-state index >= 15 is 0 Å². The van der Waals surface area contributed by atoms with Crippen molar-refractivity contribution in [3.05, 3.63) is 0 Å². The van der Waals surface area contributed by atoms with Gasteiger partial charge in [0.25, 0.3) is 0 Å². The second-order valence-electron chi connectivity index (χ2n) is 6.80. The Bertz CT molecular complexity index is 774. The Morgan fingerprint density at radius 3 is 1.56 bits per heavy atom. The number of carboxylic acid groups (broad SMARTS) is 1. The van der Waals surface area contributed by atoms with E-state index in [-0.39, 0.29) is 18.9 Å². The van der Waals surface area contributed by atoms with Crippen molar-refractivity contribution in [2.45, 2.75) is 38.4 Å². The molecule has 9 N–H and O–H groups in total. The van der Waals surface area contributed by atoms with E-state index in [9.17, 15) is 38.7 Å². The van der Waals surface area contributed by atoms with E-state index < -0.39 is 79.9 Å². The maximum Gasteiger partial charge on any atom is 0.328 e. The molecule has 0 saturated heterocycles. The Hall–Kier alpha value is -3.79. The second kappa shape index (κ2) is 15.9. The fourth-order valence-corrected chi connectivity index (χ4v) is 2.14. The molecular weight excluding hydrogens is 460 g/mol. The van der Waals surface area contributed by atoms with Gasteiger partial charge in [-0.05, 0) is 6.92 Å². The van der Waals surface area contributed by atoms with Crippen LogP contribution in [0.15, 0.2) is 0 Å². The molecule has 16 nitrogen and oxygen atoms in total. The van der Waals surface area contributed by atoms with Gasteiger partial charge < -0.3 is 47.2 Å². The van der Waals surface area contributed by atoms with Crippen molar-refractivity contribution >= 4 is 41.4 Å². The third-order valence-corrected chi connectivity index (χ3v) is 4.03. The monoisotopic (exact) mass is 490 g/mol. The van der Waals surface area contributed by atoms with Gasteiger partial charge in [0.1, 0.15) is 18.1 Å². The summed E-state index contributed by atoms with van der Waals surface area (Å²) in [6.45, 7) is -0.397. The summed E-state index contributed by atoms with van der Waals surface area (Å²) in [6.07, 6.45) is 0.188. The first-order chi connectivity index (χ1) is 15.9. The number of carbonyl (C=O) groups is 7. The van der Waals surface area contributed by atoms with E-state index in [0.29, 0.717) is 0 Å². The number of hydrogen-bond donors (Lipinski definition) is 9. The minimum absolute atomic E-state index is 0.188. The first-order valence-corrected chi connectivity index (χ1v) is 10.1. The van der Waals surface area contributed by atoms with Crippen molar-refractivity contribution in [2.75, 3.05) is 32.8 Å². The Labute approximate surface area is 194 Å². The molecule has 3 unspecified atom stereocenters. The molecule has 0 radical (unpaired) electrons. The minimum Gasteiger partial charge on any atom is -0.480 e. The first kappa shape index (κ1) is 30.2. The topological polar surface area (TPSA) is 252 Å². The molecule has 0 saturated carbocycles. The van der Waals surface area contributed by atoms with Gasteiger partial charge in [0.05, 0.1) is 32.8 Å².